The number of ether oxygens (including phenoxy) is 2. The molecule has 2 unspecified atom stereocenters. The number of rotatable bonds is 8. The van der Waals surface area contributed by atoms with Gasteiger partial charge in [0.25, 0.3) is 0 Å². The first-order chi connectivity index (χ1) is 12.7. The first kappa shape index (κ1) is 19.0. The van der Waals surface area contributed by atoms with Gasteiger partial charge in [-0.2, -0.15) is 0 Å². The Morgan fingerprint density at radius 1 is 1.00 bits per heavy atom. The summed E-state index contributed by atoms with van der Waals surface area (Å²) in [6.45, 7) is 1.22. The Morgan fingerprint density at radius 3 is 2.35 bits per heavy atom. The molecular weight excluding hydrogens is 350 g/mol. The first-order valence-electron chi connectivity index (χ1n) is 9.24. The minimum Gasteiger partial charge on any atom is -0.497 e. The Bertz CT molecular complexity index is 797. The first-order valence-corrected chi connectivity index (χ1v) is 10.4. The summed E-state index contributed by atoms with van der Waals surface area (Å²) >= 11 is 0. The summed E-state index contributed by atoms with van der Waals surface area (Å²) in [5.74, 6) is 2.75. The highest BCUT2D eigenvalue weighted by atomic mass is 32.2. The van der Waals surface area contributed by atoms with E-state index in [2.05, 4.69) is 16.9 Å². The topological polar surface area (TPSA) is 64.6 Å². The number of thiol groups is 1. The second-order valence-corrected chi connectivity index (χ2v) is 7.77. The standard InChI is InChI=1S/C20H27NO4S/c1-24-19-8-6-17-13-20(9-7-16(17)12-19)25-14-18-5-3-2-4-15(18)10-11-21-26(22)23/h6-9,12-13,15,18,26H,2-5,10-11,14H2,1H3,(H,21,22,23). The third-order valence-electron chi connectivity index (χ3n) is 5.31. The van der Waals surface area contributed by atoms with E-state index in [1.54, 1.807) is 7.11 Å². The lowest BCUT2D eigenvalue weighted by molar-refractivity contribution is 0.143. The largest absolute Gasteiger partial charge is 0.497 e. The number of fused-ring (bicyclic) bond motifs is 1. The van der Waals surface area contributed by atoms with Gasteiger partial charge < -0.3 is 9.47 Å². The van der Waals surface area contributed by atoms with E-state index < -0.39 is 10.9 Å². The zero-order valence-electron chi connectivity index (χ0n) is 15.1. The van der Waals surface area contributed by atoms with E-state index >= 15 is 0 Å². The summed E-state index contributed by atoms with van der Waals surface area (Å²) in [6.07, 6.45) is 5.64. The lowest BCUT2D eigenvalue weighted by atomic mass is 9.78. The summed E-state index contributed by atoms with van der Waals surface area (Å²) in [7, 11) is -0.826. The van der Waals surface area contributed by atoms with Crippen molar-refractivity contribution in [1.82, 2.24) is 4.72 Å². The predicted molar refractivity (Wildman–Crippen MR) is 104 cm³/mol. The third kappa shape index (κ3) is 5.11. The molecule has 0 aliphatic heterocycles. The molecule has 0 amide bonds. The quantitative estimate of drug-likeness (QED) is 0.691. The molecule has 0 heterocycles. The van der Waals surface area contributed by atoms with Crippen LogP contribution in [0.3, 0.4) is 0 Å². The maximum Gasteiger partial charge on any atom is 0.201 e. The van der Waals surface area contributed by atoms with Crippen molar-refractivity contribution in [3.8, 4) is 11.5 Å². The summed E-state index contributed by atoms with van der Waals surface area (Å²) in [5.41, 5.74) is 0. The summed E-state index contributed by atoms with van der Waals surface area (Å²) in [6, 6.07) is 12.1. The number of hydrogen-bond donors (Lipinski definition) is 2. The minimum absolute atomic E-state index is 0.488. The molecule has 1 aliphatic rings. The van der Waals surface area contributed by atoms with Crippen LogP contribution in [-0.2, 0) is 10.9 Å². The van der Waals surface area contributed by atoms with Gasteiger partial charge in [-0.05, 0) is 59.7 Å². The van der Waals surface area contributed by atoms with Crippen LogP contribution in [0.5, 0.6) is 11.5 Å². The maximum atomic E-state index is 10.7. The van der Waals surface area contributed by atoms with Gasteiger partial charge in [0.05, 0.1) is 13.7 Å². The van der Waals surface area contributed by atoms with Crippen molar-refractivity contribution >= 4 is 21.7 Å². The van der Waals surface area contributed by atoms with Crippen LogP contribution in [0, 0.1) is 11.8 Å². The number of methoxy groups -OCH3 is 1. The molecule has 1 saturated carbocycles. The minimum atomic E-state index is -2.50. The average Bonchev–Trinajstić information content (AvgIpc) is 2.66. The lowest BCUT2D eigenvalue weighted by Gasteiger charge is -2.31. The molecule has 0 aromatic heterocycles. The Balaban J connectivity index is 1.60. The van der Waals surface area contributed by atoms with Gasteiger partial charge in [-0.1, -0.05) is 31.4 Å². The Hall–Kier alpha value is -1.79. The van der Waals surface area contributed by atoms with Gasteiger partial charge in [0, 0.05) is 6.54 Å². The van der Waals surface area contributed by atoms with E-state index in [-0.39, 0.29) is 0 Å². The van der Waals surface area contributed by atoms with Gasteiger partial charge >= 0.3 is 0 Å². The number of nitrogens with one attached hydrogen (secondary N) is 1. The monoisotopic (exact) mass is 377 g/mol. The smallest absolute Gasteiger partial charge is 0.201 e. The fraction of sp³-hybridized carbons (Fsp3) is 0.500. The summed E-state index contributed by atoms with van der Waals surface area (Å²) in [5, 5.41) is 2.26. The summed E-state index contributed by atoms with van der Waals surface area (Å²) in [4.78, 5) is 0. The van der Waals surface area contributed by atoms with Crippen LogP contribution in [0.2, 0.25) is 0 Å². The molecule has 1 N–H and O–H groups in total. The predicted octanol–water partition coefficient (Wildman–Crippen LogP) is 3.54. The van der Waals surface area contributed by atoms with Crippen molar-refractivity contribution in [2.24, 2.45) is 11.8 Å². The molecular formula is C20H27NO4S. The number of hydrogen-bond acceptors (Lipinski definition) is 4. The highest BCUT2D eigenvalue weighted by molar-refractivity contribution is 7.70. The molecule has 0 bridgehead atoms. The molecule has 3 rings (SSSR count). The Morgan fingerprint density at radius 2 is 1.65 bits per heavy atom. The van der Waals surface area contributed by atoms with E-state index in [1.807, 2.05) is 24.3 Å². The second-order valence-electron chi connectivity index (χ2n) is 6.94. The molecule has 2 atom stereocenters. The van der Waals surface area contributed by atoms with E-state index in [0.29, 0.717) is 25.0 Å². The van der Waals surface area contributed by atoms with Crippen LogP contribution in [0.4, 0.5) is 0 Å². The van der Waals surface area contributed by atoms with Crippen molar-refractivity contribution < 1.29 is 17.9 Å². The van der Waals surface area contributed by atoms with Crippen molar-refractivity contribution in [3.05, 3.63) is 36.4 Å². The fourth-order valence-corrected chi connectivity index (χ4v) is 4.16. The highest BCUT2D eigenvalue weighted by Crippen LogP contribution is 2.33. The average molecular weight is 378 g/mol. The van der Waals surface area contributed by atoms with Gasteiger partial charge in [0.1, 0.15) is 11.5 Å². The van der Waals surface area contributed by atoms with E-state index in [4.69, 9.17) is 9.47 Å². The molecule has 26 heavy (non-hydrogen) atoms. The molecule has 2 aromatic rings. The van der Waals surface area contributed by atoms with Crippen LogP contribution in [0.15, 0.2) is 36.4 Å². The van der Waals surface area contributed by atoms with Crippen molar-refractivity contribution in [1.29, 1.82) is 0 Å². The van der Waals surface area contributed by atoms with Crippen LogP contribution in [-0.4, -0.2) is 28.7 Å². The summed E-state index contributed by atoms with van der Waals surface area (Å²) < 4.78 is 35.2. The Labute approximate surface area is 156 Å². The lowest BCUT2D eigenvalue weighted by Crippen LogP contribution is -2.28. The van der Waals surface area contributed by atoms with E-state index in [0.717, 1.165) is 41.5 Å². The van der Waals surface area contributed by atoms with E-state index in [9.17, 15) is 8.42 Å². The Kier molecular flexibility index (Phi) is 6.74. The van der Waals surface area contributed by atoms with Crippen LogP contribution in [0.25, 0.3) is 10.8 Å². The number of benzene rings is 2. The van der Waals surface area contributed by atoms with Crippen LogP contribution in [0.1, 0.15) is 32.1 Å². The molecule has 1 aliphatic carbocycles. The van der Waals surface area contributed by atoms with Gasteiger partial charge in [0.15, 0.2) is 0 Å². The second kappa shape index (κ2) is 9.24. The van der Waals surface area contributed by atoms with Crippen molar-refractivity contribution in [2.45, 2.75) is 32.1 Å². The molecule has 0 spiro atoms. The highest BCUT2D eigenvalue weighted by Gasteiger charge is 2.25. The molecule has 2 aromatic carbocycles. The molecule has 0 saturated heterocycles. The normalized spacial score (nSPS) is 20.4. The fourth-order valence-electron chi connectivity index (χ4n) is 3.85. The molecule has 1 fully saturated rings. The molecule has 5 nitrogen and oxygen atoms in total. The molecule has 142 valence electrons. The van der Waals surface area contributed by atoms with Crippen molar-refractivity contribution in [2.75, 3.05) is 20.3 Å². The van der Waals surface area contributed by atoms with Crippen LogP contribution < -0.4 is 14.2 Å². The zero-order chi connectivity index (χ0) is 18.4. The maximum absolute atomic E-state index is 10.7. The zero-order valence-corrected chi connectivity index (χ0v) is 16.0. The van der Waals surface area contributed by atoms with Gasteiger partial charge in [-0.15, -0.1) is 0 Å². The van der Waals surface area contributed by atoms with Gasteiger partial charge in [-0.25, -0.2) is 13.1 Å². The third-order valence-corrected chi connectivity index (χ3v) is 5.79. The molecule has 0 radical (unpaired) electrons. The van der Waals surface area contributed by atoms with Crippen molar-refractivity contribution in [3.63, 3.8) is 0 Å². The van der Waals surface area contributed by atoms with E-state index in [1.165, 1.54) is 12.8 Å². The van der Waals surface area contributed by atoms with Gasteiger partial charge in [-0.3, -0.25) is 0 Å². The van der Waals surface area contributed by atoms with Crippen LogP contribution >= 0.6 is 0 Å². The van der Waals surface area contributed by atoms with Gasteiger partial charge in [0.2, 0.25) is 10.9 Å². The SMILES string of the molecule is COc1ccc2cc(OCC3CCCCC3CCN[SH](=O)=O)ccc2c1. The molecule has 6 heteroatoms.